The van der Waals surface area contributed by atoms with Gasteiger partial charge in [-0.1, -0.05) is 12.1 Å². The van der Waals surface area contributed by atoms with Gasteiger partial charge in [0.05, 0.1) is 30.3 Å². The number of amides is 1. The number of halogens is 1. The van der Waals surface area contributed by atoms with Gasteiger partial charge in [0.2, 0.25) is 0 Å². The molecule has 0 spiro atoms. The lowest BCUT2D eigenvalue weighted by Crippen LogP contribution is -2.32. The van der Waals surface area contributed by atoms with Gasteiger partial charge in [-0.05, 0) is 32.9 Å². The summed E-state index contributed by atoms with van der Waals surface area (Å²) >= 11 is -0.444. The zero-order chi connectivity index (χ0) is 11.8. The number of carbonyl (C=O) groups excluding carboxylic acids is 1. The molecule has 0 saturated heterocycles. The molecule has 1 aromatic rings. The summed E-state index contributed by atoms with van der Waals surface area (Å²) in [6.45, 7) is 5.55. The summed E-state index contributed by atoms with van der Waals surface area (Å²) in [7, 11) is 0. The molecule has 0 fully saturated rings. The third-order valence-corrected chi connectivity index (χ3v) is 3.93. The van der Waals surface area contributed by atoms with Gasteiger partial charge in [0.25, 0.3) is 0 Å². The Labute approximate surface area is 105 Å². The minimum absolute atomic E-state index is 0.392. The van der Waals surface area contributed by atoms with Crippen molar-refractivity contribution in [2.45, 2.75) is 26.4 Å². The summed E-state index contributed by atoms with van der Waals surface area (Å²) in [6.07, 6.45) is -0.392. The summed E-state index contributed by atoms with van der Waals surface area (Å²) in [6, 6.07) is 7.78. The third kappa shape index (κ3) is 2.40. The van der Waals surface area contributed by atoms with Crippen LogP contribution >= 0.6 is 21.0 Å². The number of carbonyl (C=O) groups is 1. The van der Waals surface area contributed by atoms with Crippen LogP contribution in [0.25, 0.3) is 0 Å². The minimum Gasteiger partial charge on any atom is -0.442 e. The number of hydrogen-bond acceptors (Lipinski definition) is 3. The first-order chi connectivity index (χ1) is 7.47. The van der Waals surface area contributed by atoms with E-state index in [-0.39, 0.29) is 0 Å². The summed E-state index contributed by atoms with van der Waals surface area (Å²) < 4.78 is 10.7. The number of benzene rings is 1. The second-order valence-corrected chi connectivity index (χ2v) is 6.48. The highest BCUT2D eigenvalue weighted by molar-refractivity contribution is 14.2. The van der Waals surface area contributed by atoms with Crippen LogP contribution in [0.2, 0.25) is 0 Å². The van der Waals surface area contributed by atoms with Gasteiger partial charge in [-0.2, -0.15) is 5.01 Å². The van der Waals surface area contributed by atoms with E-state index in [1.807, 2.05) is 45.0 Å². The van der Waals surface area contributed by atoms with Gasteiger partial charge in [0.1, 0.15) is 5.60 Å². The van der Waals surface area contributed by atoms with Crippen LogP contribution in [0.5, 0.6) is 0 Å². The fourth-order valence-electron chi connectivity index (χ4n) is 1.25. The van der Waals surface area contributed by atoms with E-state index in [0.29, 0.717) is 0 Å². The number of anilines is 1. The first-order valence-corrected chi connectivity index (χ1v) is 6.99. The van der Waals surface area contributed by atoms with E-state index in [1.165, 1.54) is 5.01 Å². The number of fused-ring (bicyclic) bond motifs is 1. The molecule has 0 unspecified atom stereocenters. The quantitative estimate of drug-likeness (QED) is 0.680. The molecule has 4 nitrogen and oxygen atoms in total. The lowest BCUT2D eigenvalue weighted by atomic mass is 10.2. The minimum atomic E-state index is -0.484. The zero-order valence-electron chi connectivity index (χ0n) is 9.40. The van der Waals surface area contributed by atoms with Crippen LogP contribution in [0, 0.1) is 3.57 Å². The Hall–Kier alpha value is -0.980. The van der Waals surface area contributed by atoms with Crippen LogP contribution < -0.4 is 5.01 Å². The van der Waals surface area contributed by atoms with Gasteiger partial charge >= 0.3 is 6.09 Å². The maximum Gasteiger partial charge on any atom is 0.436 e. The average molecular weight is 332 g/mol. The van der Waals surface area contributed by atoms with E-state index in [2.05, 4.69) is 3.25 Å². The molecule has 1 aliphatic heterocycles. The van der Waals surface area contributed by atoms with Crippen LogP contribution in [-0.2, 0) is 4.74 Å². The Bertz CT molecular complexity index is 452. The van der Waals surface area contributed by atoms with Crippen LogP contribution in [0.15, 0.2) is 27.5 Å². The molecular weight excluding hydrogens is 319 g/mol. The molecule has 1 amide bonds. The number of hydrogen-bond donors (Lipinski definition) is 0. The molecule has 0 atom stereocenters. The van der Waals surface area contributed by atoms with Crippen molar-refractivity contribution >= 4 is 32.8 Å². The predicted octanol–water partition coefficient (Wildman–Crippen LogP) is 3.68. The van der Waals surface area contributed by atoms with Crippen molar-refractivity contribution in [3.05, 3.63) is 27.8 Å². The second-order valence-electron chi connectivity index (χ2n) is 4.40. The van der Waals surface area contributed by atoms with E-state index in [1.54, 1.807) is 0 Å². The molecule has 5 heteroatoms. The molecule has 1 aromatic carbocycles. The highest BCUT2D eigenvalue weighted by Gasteiger charge is 2.27. The van der Waals surface area contributed by atoms with Gasteiger partial charge in [0, 0.05) is 0 Å². The van der Waals surface area contributed by atoms with Crippen LogP contribution in [0.3, 0.4) is 0 Å². The Morgan fingerprint density at radius 3 is 2.75 bits per heavy atom. The Morgan fingerprint density at radius 2 is 2.06 bits per heavy atom. The lowest BCUT2D eigenvalue weighted by molar-refractivity contribution is 0.0583. The van der Waals surface area contributed by atoms with Gasteiger partial charge in [-0.15, -0.1) is 3.25 Å². The van der Waals surface area contributed by atoms with Crippen LogP contribution in [0.4, 0.5) is 10.5 Å². The van der Waals surface area contributed by atoms with Crippen molar-refractivity contribution < 1.29 is 9.53 Å². The van der Waals surface area contributed by atoms with Crippen LogP contribution in [0.1, 0.15) is 20.8 Å². The fraction of sp³-hybridized carbons (Fsp3) is 0.364. The number of ether oxygens (including phenoxy) is 1. The van der Waals surface area contributed by atoms with Gasteiger partial charge < -0.3 is 4.74 Å². The molecule has 1 aliphatic rings. The summed E-state index contributed by atoms with van der Waals surface area (Å²) in [5.74, 6) is 0. The first-order valence-electron chi connectivity index (χ1n) is 4.94. The largest absolute Gasteiger partial charge is 0.442 e. The molecule has 0 saturated carbocycles. The monoisotopic (exact) mass is 332 g/mol. The molecule has 16 heavy (non-hydrogen) atoms. The van der Waals surface area contributed by atoms with E-state index in [4.69, 9.17) is 4.74 Å². The molecular formula is C11H13IN2O2. The summed E-state index contributed by atoms with van der Waals surface area (Å²) in [5, 5.41) is 1.38. The van der Waals surface area contributed by atoms with Crippen molar-refractivity contribution in [3.63, 3.8) is 0 Å². The molecule has 0 aliphatic carbocycles. The smallest absolute Gasteiger partial charge is 0.436 e. The Morgan fingerprint density at radius 1 is 1.38 bits per heavy atom. The second kappa shape index (κ2) is 4.12. The van der Waals surface area contributed by atoms with Gasteiger partial charge in [0.15, 0.2) is 0 Å². The SMILES string of the molecule is CC(C)(C)OC(=O)N1N=Ic2ccccc21. The molecule has 0 N–H and O–H groups in total. The third-order valence-electron chi connectivity index (χ3n) is 1.85. The van der Waals surface area contributed by atoms with Crippen molar-refractivity contribution in [2.24, 2.45) is 3.25 Å². The standard InChI is InChI=1S/C11H13IN2O2/c1-11(2,3)16-10(15)14-9-7-5-4-6-8(9)12-13-14/h4-7H,1-3H3. The number of nitrogens with zero attached hydrogens (tertiary/aromatic N) is 2. The Kier molecular flexibility index (Phi) is 2.96. The lowest BCUT2D eigenvalue weighted by Gasteiger charge is -2.22. The molecule has 1 heterocycles. The zero-order valence-corrected chi connectivity index (χ0v) is 11.6. The maximum absolute atomic E-state index is 11.9. The fourth-order valence-corrected chi connectivity index (χ4v) is 3.13. The molecule has 86 valence electrons. The Balaban J connectivity index is 2.20. The van der Waals surface area contributed by atoms with Crippen molar-refractivity contribution in [2.75, 3.05) is 5.01 Å². The molecule has 0 bridgehead atoms. The molecule has 0 radical (unpaired) electrons. The van der Waals surface area contributed by atoms with Crippen molar-refractivity contribution in [3.8, 4) is 0 Å². The van der Waals surface area contributed by atoms with Crippen molar-refractivity contribution in [1.82, 2.24) is 0 Å². The van der Waals surface area contributed by atoms with E-state index in [0.717, 1.165) is 9.26 Å². The highest BCUT2D eigenvalue weighted by atomic mass is 127. The van der Waals surface area contributed by atoms with Gasteiger partial charge in [-0.3, -0.25) is 0 Å². The first kappa shape index (κ1) is 11.5. The van der Waals surface area contributed by atoms with E-state index in [9.17, 15) is 4.79 Å². The average Bonchev–Trinajstić information content (AvgIpc) is 2.58. The van der Waals surface area contributed by atoms with Crippen LogP contribution in [-0.4, -0.2) is 11.7 Å². The maximum atomic E-state index is 11.9. The topological polar surface area (TPSA) is 41.9 Å². The predicted molar refractivity (Wildman–Crippen MR) is 70.3 cm³/mol. The van der Waals surface area contributed by atoms with Crippen molar-refractivity contribution in [1.29, 1.82) is 0 Å². The van der Waals surface area contributed by atoms with Gasteiger partial charge in [-0.25, -0.2) is 4.79 Å². The number of para-hydroxylation sites is 1. The highest BCUT2D eigenvalue weighted by Crippen LogP contribution is 2.35. The number of rotatable bonds is 0. The normalized spacial score (nSPS) is 14.3. The molecule has 2 rings (SSSR count). The van der Waals surface area contributed by atoms with E-state index < -0.39 is 32.7 Å². The van der Waals surface area contributed by atoms with E-state index >= 15 is 0 Å². The summed E-state index contributed by atoms with van der Waals surface area (Å²) in [5.41, 5.74) is 0.382. The summed E-state index contributed by atoms with van der Waals surface area (Å²) in [4.78, 5) is 11.9. The molecule has 0 aromatic heterocycles.